The van der Waals surface area contributed by atoms with E-state index in [0.29, 0.717) is 16.9 Å². The lowest BCUT2D eigenvalue weighted by molar-refractivity contribution is 1.00. The molecule has 86 valence electrons. The van der Waals surface area contributed by atoms with Crippen LogP contribution in [0.25, 0.3) is 16.9 Å². The molecule has 5 nitrogen and oxygen atoms in total. The molecule has 0 aliphatic carbocycles. The number of nitrogens with zero attached hydrogens (tertiary/aromatic N) is 3. The molecule has 1 N–H and O–H groups in total. The minimum absolute atomic E-state index is 0.222. The van der Waals surface area contributed by atoms with Crippen molar-refractivity contribution in [3.63, 3.8) is 0 Å². The van der Waals surface area contributed by atoms with Crippen LogP contribution >= 0.6 is 0 Å². The smallest absolute Gasteiger partial charge is 0.314 e. The van der Waals surface area contributed by atoms with Gasteiger partial charge in [0.05, 0.1) is 17.3 Å². The van der Waals surface area contributed by atoms with Gasteiger partial charge in [0.1, 0.15) is 5.65 Å². The summed E-state index contributed by atoms with van der Waals surface area (Å²) in [4.78, 5) is 18.5. The van der Waals surface area contributed by atoms with Crippen molar-refractivity contribution in [3.8, 4) is 17.3 Å². The number of hydrogen-bond donors (Lipinski definition) is 1. The first-order valence-corrected chi connectivity index (χ1v) is 5.35. The summed E-state index contributed by atoms with van der Waals surface area (Å²) in [5.41, 5.74) is 2.55. The highest BCUT2D eigenvalue weighted by Gasteiger charge is 2.05. The fourth-order valence-corrected chi connectivity index (χ4v) is 1.79. The normalized spacial score (nSPS) is 10.4. The Morgan fingerprint density at radius 1 is 1.22 bits per heavy atom. The highest BCUT2D eigenvalue weighted by molar-refractivity contribution is 5.63. The Bertz CT molecular complexity index is 805. The van der Waals surface area contributed by atoms with Crippen LogP contribution in [-0.4, -0.2) is 14.4 Å². The van der Waals surface area contributed by atoms with Crippen molar-refractivity contribution < 1.29 is 0 Å². The Kier molecular flexibility index (Phi) is 2.21. The molecule has 0 unspecified atom stereocenters. The summed E-state index contributed by atoms with van der Waals surface area (Å²) in [7, 11) is 0. The Hall–Kier alpha value is -2.87. The lowest BCUT2D eigenvalue weighted by atomic mass is 10.1. The molecule has 3 rings (SSSR count). The highest BCUT2D eigenvalue weighted by atomic mass is 16.1. The molecule has 2 aromatic heterocycles. The van der Waals surface area contributed by atoms with Crippen LogP contribution in [0.5, 0.6) is 0 Å². The SMILES string of the molecule is N#Cc1ccc(-c2cn3c(=O)[nH]ccc3n2)cc1. The summed E-state index contributed by atoms with van der Waals surface area (Å²) in [6, 6.07) is 10.9. The van der Waals surface area contributed by atoms with Gasteiger partial charge in [-0.25, -0.2) is 9.78 Å². The maximum absolute atomic E-state index is 11.5. The lowest BCUT2D eigenvalue weighted by Gasteiger charge is -1.94. The number of aromatic amines is 1. The van der Waals surface area contributed by atoms with Crippen molar-refractivity contribution in [3.05, 3.63) is 58.8 Å². The monoisotopic (exact) mass is 236 g/mol. The first-order chi connectivity index (χ1) is 8.78. The summed E-state index contributed by atoms with van der Waals surface area (Å²) in [6.07, 6.45) is 3.24. The molecule has 0 aliphatic heterocycles. The molecule has 18 heavy (non-hydrogen) atoms. The van der Waals surface area contributed by atoms with Gasteiger partial charge >= 0.3 is 5.69 Å². The average molecular weight is 236 g/mol. The minimum atomic E-state index is -0.222. The molecule has 1 aromatic carbocycles. The number of rotatable bonds is 1. The van der Waals surface area contributed by atoms with E-state index in [-0.39, 0.29) is 5.69 Å². The van der Waals surface area contributed by atoms with Gasteiger partial charge in [0, 0.05) is 18.0 Å². The van der Waals surface area contributed by atoms with Gasteiger partial charge in [0.25, 0.3) is 0 Å². The summed E-state index contributed by atoms with van der Waals surface area (Å²) < 4.78 is 1.45. The summed E-state index contributed by atoms with van der Waals surface area (Å²) in [6.45, 7) is 0. The average Bonchev–Trinajstić information content (AvgIpc) is 2.84. The van der Waals surface area contributed by atoms with Crippen molar-refractivity contribution in [1.29, 1.82) is 5.26 Å². The molecule has 0 atom stereocenters. The first-order valence-electron chi connectivity index (χ1n) is 5.35. The first kappa shape index (κ1) is 10.3. The molecule has 0 radical (unpaired) electrons. The van der Waals surface area contributed by atoms with Gasteiger partial charge < -0.3 is 4.98 Å². The Morgan fingerprint density at radius 2 is 2.00 bits per heavy atom. The van der Waals surface area contributed by atoms with Crippen LogP contribution in [0.15, 0.2) is 47.5 Å². The van der Waals surface area contributed by atoms with Crippen molar-refractivity contribution in [2.24, 2.45) is 0 Å². The molecule has 5 heteroatoms. The van der Waals surface area contributed by atoms with Crippen LogP contribution in [0, 0.1) is 11.3 Å². The minimum Gasteiger partial charge on any atom is -0.314 e. The molecule has 0 saturated heterocycles. The Labute approximate surface area is 102 Å². The Balaban J connectivity index is 2.17. The molecule has 0 amide bonds. The number of benzene rings is 1. The van der Waals surface area contributed by atoms with Crippen LogP contribution in [0.2, 0.25) is 0 Å². The van der Waals surface area contributed by atoms with Gasteiger partial charge in [-0.05, 0) is 18.2 Å². The third-order valence-electron chi connectivity index (χ3n) is 2.70. The zero-order valence-electron chi connectivity index (χ0n) is 9.29. The van der Waals surface area contributed by atoms with Crippen LogP contribution in [0.1, 0.15) is 5.56 Å². The number of imidazole rings is 1. The number of fused-ring (bicyclic) bond motifs is 1. The van der Waals surface area contributed by atoms with Gasteiger partial charge in [-0.2, -0.15) is 5.26 Å². The number of nitriles is 1. The number of nitrogens with one attached hydrogen (secondary N) is 1. The number of H-pyrrole nitrogens is 1. The van der Waals surface area contributed by atoms with Crippen LogP contribution < -0.4 is 5.69 Å². The molecule has 0 bridgehead atoms. The second-order valence-corrected chi connectivity index (χ2v) is 3.83. The topological polar surface area (TPSA) is 73.9 Å². The van der Waals surface area contributed by atoms with Crippen molar-refractivity contribution in [2.45, 2.75) is 0 Å². The second-order valence-electron chi connectivity index (χ2n) is 3.83. The lowest BCUT2D eigenvalue weighted by Crippen LogP contribution is -2.13. The summed E-state index contributed by atoms with van der Waals surface area (Å²) in [5.74, 6) is 0. The fourth-order valence-electron chi connectivity index (χ4n) is 1.79. The third kappa shape index (κ3) is 1.57. The Morgan fingerprint density at radius 3 is 2.67 bits per heavy atom. The standard InChI is InChI=1S/C13H8N4O/c14-7-9-1-3-10(4-2-9)11-8-17-12(16-11)5-6-15-13(17)18/h1-6,8H,(H,15,18). The molecular formula is C13H8N4O. The largest absolute Gasteiger partial charge is 0.331 e. The molecule has 3 aromatic rings. The molecule has 2 heterocycles. The molecule has 0 saturated carbocycles. The van der Waals surface area contributed by atoms with Crippen LogP contribution in [0.4, 0.5) is 0 Å². The fraction of sp³-hybridized carbons (Fsp3) is 0. The van der Waals surface area contributed by atoms with E-state index in [9.17, 15) is 4.79 Å². The van der Waals surface area contributed by atoms with E-state index in [1.807, 2.05) is 12.1 Å². The van der Waals surface area contributed by atoms with E-state index in [1.54, 1.807) is 30.6 Å². The van der Waals surface area contributed by atoms with Crippen LogP contribution in [0.3, 0.4) is 0 Å². The van der Waals surface area contributed by atoms with Gasteiger partial charge in [-0.3, -0.25) is 4.40 Å². The maximum atomic E-state index is 11.5. The van der Waals surface area contributed by atoms with Gasteiger partial charge in [-0.15, -0.1) is 0 Å². The second kappa shape index (κ2) is 3.86. The van der Waals surface area contributed by atoms with Gasteiger partial charge in [0.15, 0.2) is 0 Å². The number of aromatic nitrogens is 3. The van der Waals surface area contributed by atoms with Crippen molar-refractivity contribution >= 4 is 5.65 Å². The molecule has 0 aliphatic rings. The summed E-state index contributed by atoms with van der Waals surface area (Å²) in [5, 5.41) is 8.73. The zero-order chi connectivity index (χ0) is 12.5. The predicted octanol–water partition coefficient (Wildman–Crippen LogP) is 1.56. The quantitative estimate of drug-likeness (QED) is 0.696. The van der Waals surface area contributed by atoms with E-state index in [1.165, 1.54) is 4.40 Å². The zero-order valence-corrected chi connectivity index (χ0v) is 9.29. The molecular weight excluding hydrogens is 228 g/mol. The highest BCUT2D eigenvalue weighted by Crippen LogP contribution is 2.18. The van der Waals surface area contributed by atoms with Crippen molar-refractivity contribution in [2.75, 3.05) is 0 Å². The van der Waals surface area contributed by atoms with Gasteiger partial charge in [0.2, 0.25) is 0 Å². The van der Waals surface area contributed by atoms with E-state index in [2.05, 4.69) is 16.0 Å². The van der Waals surface area contributed by atoms with E-state index in [0.717, 1.165) is 5.56 Å². The van der Waals surface area contributed by atoms with E-state index in [4.69, 9.17) is 5.26 Å². The maximum Gasteiger partial charge on any atom is 0.331 e. The number of hydrogen-bond acceptors (Lipinski definition) is 3. The van der Waals surface area contributed by atoms with E-state index < -0.39 is 0 Å². The predicted molar refractivity (Wildman–Crippen MR) is 66.0 cm³/mol. The molecule has 0 fully saturated rings. The van der Waals surface area contributed by atoms with Crippen molar-refractivity contribution in [1.82, 2.24) is 14.4 Å². The molecule has 0 spiro atoms. The van der Waals surface area contributed by atoms with Gasteiger partial charge in [-0.1, -0.05) is 12.1 Å². The van der Waals surface area contributed by atoms with Crippen LogP contribution in [-0.2, 0) is 0 Å². The summed E-state index contributed by atoms with van der Waals surface area (Å²) >= 11 is 0. The van der Waals surface area contributed by atoms with E-state index >= 15 is 0 Å². The third-order valence-corrected chi connectivity index (χ3v) is 2.70.